The van der Waals surface area contributed by atoms with Crippen molar-refractivity contribution in [2.45, 2.75) is 0 Å². The van der Waals surface area contributed by atoms with E-state index in [1.807, 2.05) is 28.7 Å². The van der Waals surface area contributed by atoms with Gasteiger partial charge in [0.1, 0.15) is 0 Å². The molecule has 0 N–H and O–H groups in total. The number of halogens is 3. The maximum absolute atomic E-state index is 5.81. The van der Waals surface area contributed by atoms with Crippen molar-refractivity contribution in [3.05, 3.63) is 31.6 Å². The van der Waals surface area contributed by atoms with Crippen LogP contribution in [0.15, 0.2) is 27.1 Å². The van der Waals surface area contributed by atoms with E-state index in [0.717, 1.165) is 10.0 Å². The third-order valence-electron chi connectivity index (χ3n) is 1.56. The highest BCUT2D eigenvalue weighted by Crippen LogP contribution is 2.29. The lowest BCUT2D eigenvalue weighted by Gasteiger charge is -1.98. The molecule has 1 aromatic carbocycles. The molecular formula is C8H3BrClIN2O. The van der Waals surface area contributed by atoms with Gasteiger partial charge in [0.15, 0.2) is 0 Å². The number of nitrogens with zero attached hydrogens (tertiary/aromatic N) is 2. The molecule has 2 rings (SSSR count). The van der Waals surface area contributed by atoms with Crippen LogP contribution in [0.25, 0.3) is 11.5 Å². The van der Waals surface area contributed by atoms with Gasteiger partial charge in [-0.15, -0.1) is 10.2 Å². The summed E-state index contributed by atoms with van der Waals surface area (Å²) in [6.45, 7) is 0. The van der Waals surface area contributed by atoms with Gasteiger partial charge in [0, 0.05) is 32.1 Å². The normalized spacial score (nSPS) is 10.5. The van der Waals surface area contributed by atoms with Crippen molar-refractivity contribution in [3.8, 4) is 11.5 Å². The van der Waals surface area contributed by atoms with Gasteiger partial charge in [-0.1, -0.05) is 11.6 Å². The number of aromatic nitrogens is 2. The van der Waals surface area contributed by atoms with Crippen LogP contribution in [0.3, 0.4) is 0 Å². The Balaban J connectivity index is 2.52. The van der Waals surface area contributed by atoms with Crippen LogP contribution >= 0.6 is 50.1 Å². The number of rotatable bonds is 1. The Hall–Kier alpha value is -0.140. The zero-order valence-electron chi connectivity index (χ0n) is 6.67. The molecule has 1 aromatic heterocycles. The molecule has 0 fully saturated rings. The van der Waals surface area contributed by atoms with Gasteiger partial charge in [-0.2, -0.15) is 0 Å². The van der Waals surface area contributed by atoms with E-state index in [-0.39, 0.29) is 0 Å². The maximum atomic E-state index is 5.81. The Morgan fingerprint density at radius 3 is 2.71 bits per heavy atom. The monoisotopic (exact) mass is 384 g/mol. The minimum Gasteiger partial charge on any atom is -0.412 e. The summed E-state index contributed by atoms with van der Waals surface area (Å²) in [7, 11) is 0. The molecule has 0 radical (unpaired) electrons. The highest BCUT2D eigenvalue weighted by atomic mass is 127. The summed E-state index contributed by atoms with van der Waals surface area (Å²) in [6.07, 6.45) is 0. The average Bonchev–Trinajstić information content (AvgIpc) is 2.51. The van der Waals surface area contributed by atoms with Crippen LogP contribution in [0.4, 0.5) is 0 Å². The summed E-state index contributed by atoms with van der Waals surface area (Å²) in [5, 5.41) is 8.31. The molecule has 0 amide bonds. The lowest BCUT2D eigenvalue weighted by molar-refractivity contribution is 0.536. The van der Waals surface area contributed by atoms with E-state index < -0.39 is 0 Å². The van der Waals surface area contributed by atoms with E-state index in [0.29, 0.717) is 14.8 Å². The second-order valence-electron chi connectivity index (χ2n) is 2.48. The third kappa shape index (κ3) is 2.09. The number of hydrogen-bond acceptors (Lipinski definition) is 3. The van der Waals surface area contributed by atoms with Gasteiger partial charge < -0.3 is 4.42 Å². The summed E-state index contributed by atoms with van der Waals surface area (Å²) in [5.74, 6) is 0.484. The predicted octanol–water partition coefficient (Wildman–Crippen LogP) is 3.76. The van der Waals surface area contributed by atoms with Crippen LogP contribution in [0, 0.1) is 3.90 Å². The molecular weight excluding hydrogens is 382 g/mol. The fourth-order valence-electron chi connectivity index (χ4n) is 0.977. The second kappa shape index (κ2) is 4.16. The molecule has 3 nitrogen and oxygen atoms in total. The molecule has 0 aliphatic rings. The van der Waals surface area contributed by atoms with Crippen LogP contribution in [-0.2, 0) is 0 Å². The molecule has 0 saturated heterocycles. The lowest BCUT2D eigenvalue weighted by atomic mass is 10.2. The Kier molecular flexibility index (Phi) is 3.08. The number of hydrogen-bond donors (Lipinski definition) is 0. The van der Waals surface area contributed by atoms with E-state index in [1.165, 1.54) is 0 Å². The van der Waals surface area contributed by atoms with Crippen molar-refractivity contribution in [1.82, 2.24) is 10.2 Å². The van der Waals surface area contributed by atoms with E-state index >= 15 is 0 Å². The standard InChI is InChI=1S/C8H3BrClIN2O/c9-6-3-4(10)1-2-5(6)7-12-13-8(11)14-7/h1-3H. The minimum absolute atomic E-state index is 0.484. The van der Waals surface area contributed by atoms with Crippen LogP contribution in [-0.4, -0.2) is 10.2 Å². The molecule has 0 spiro atoms. The SMILES string of the molecule is Clc1ccc(-c2nnc(I)o2)c(Br)c1. The van der Waals surface area contributed by atoms with Crippen molar-refractivity contribution in [2.24, 2.45) is 0 Å². The van der Waals surface area contributed by atoms with Crippen molar-refractivity contribution in [1.29, 1.82) is 0 Å². The van der Waals surface area contributed by atoms with Crippen molar-refractivity contribution >= 4 is 50.1 Å². The van der Waals surface area contributed by atoms with Crippen molar-refractivity contribution < 1.29 is 4.42 Å². The Bertz CT molecular complexity index is 474. The van der Waals surface area contributed by atoms with Gasteiger partial charge in [0.2, 0.25) is 5.89 Å². The van der Waals surface area contributed by atoms with E-state index in [1.54, 1.807) is 12.1 Å². The highest BCUT2D eigenvalue weighted by molar-refractivity contribution is 14.1. The van der Waals surface area contributed by atoms with E-state index in [9.17, 15) is 0 Å². The number of benzene rings is 1. The minimum atomic E-state index is 0.484. The first-order valence-corrected chi connectivity index (χ1v) is 5.86. The Morgan fingerprint density at radius 1 is 1.36 bits per heavy atom. The van der Waals surface area contributed by atoms with Crippen LogP contribution < -0.4 is 0 Å². The van der Waals surface area contributed by atoms with Crippen molar-refractivity contribution in [3.63, 3.8) is 0 Å². The smallest absolute Gasteiger partial charge is 0.278 e. The van der Waals surface area contributed by atoms with Crippen LogP contribution in [0.1, 0.15) is 0 Å². The average molecular weight is 385 g/mol. The van der Waals surface area contributed by atoms with Gasteiger partial charge in [-0.05, 0) is 34.1 Å². The molecule has 0 saturated carbocycles. The highest BCUT2D eigenvalue weighted by Gasteiger charge is 2.10. The topological polar surface area (TPSA) is 38.9 Å². The summed E-state index contributed by atoms with van der Waals surface area (Å²) < 4.78 is 6.63. The van der Waals surface area contributed by atoms with Gasteiger partial charge in [-0.3, -0.25) is 0 Å². The summed E-state index contributed by atoms with van der Waals surface area (Å²) in [5.41, 5.74) is 0.838. The summed E-state index contributed by atoms with van der Waals surface area (Å²) >= 11 is 11.2. The molecule has 0 unspecified atom stereocenters. The first-order valence-electron chi connectivity index (χ1n) is 3.61. The van der Waals surface area contributed by atoms with Crippen LogP contribution in [0.2, 0.25) is 5.02 Å². The van der Waals surface area contributed by atoms with E-state index in [2.05, 4.69) is 26.1 Å². The molecule has 0 aliphatic heterocycles. The lowest BCUT2D eigenvalue weighted by Crippen LogP contribution is -1.79. The van der Waals surface area contributed by atoms with Gasteiger partial charge in [0.25, 0.3) is 3.90 Å². The molecule has 1 heterocycles. The molecule has 6 heteroatoms. The molecule has 0 atom stereocenters. The predicted molar refractivity (Wildman–Crippen MR) is 65.2 cm³/mol. The fraction of sp³-hybridized carbons (Fsp3) is 0. The van der Waals surface area contributed by atoms with Crippen molar-refractivity contribution in [2.75, 3.05) is 0 Å². The maximum Gasteiger partial charge on any atom is 0.278 e. The molecule has 72 valence electrons. The zero-order chi connectivity index (χ0) is 10.1. The van der Waals surface area contributed by atoms with Gasteiger partial charge >= 0.3 is 0 Å². The molecule has 14 heavy (non-hydrogen) atoms. The quantitative estimate of drug-likeness (QED) is 0.702. The Morgan fingerprint density at radius 2 is 2.14 bits per heavy atom. The van der Waals surface area contributed by atoms with Crippen LogP contribution in [0.5, 0.6) is 0 Å². The largest absolute Gasteiger partial charge is 0.412 e. The molecule has 2 aromatic rings. The Labute approximate surface area is 107 Å². The summed E-state index contributed by atoms with van der Waals surface area (Å²) in [6, 6.07) is 5.39. The molecule has 0 bridgehead atoms. The first kappa shape index (κ1) is 10.4. The zero-order valence-corrected chi connectivity index (χ0v) is 11.2. The van der Waals surface area contributed by atoms with Gasteiger partial charge in [0.05, 0.1) is 5.56 Å². The third-order valence-corrected chi connectivity index (χ3v) is 2.89. The van der Waals surface area contributed by atoms with Gasteiger partial charge in [-0.25, -0.2) is 0 Å². The summed E-state index contributed by atoms with van der Waals surface area (Å²) in [4.78, 5) is 0. The van der Waals surface area contributed by atoms with E-state index in [4.69, 9.17) is 16.0 Å². The fourth-order valence-corrected chi connectivity index (χ4v) is 2.15. The molecule has 0 aliphatic carbocycles. The first-order chi connectivity index (χ1) is 6.66. The second-order valence-corrected chi connectivity index (χ2v) is 4.70.